The summed E-state index contributed by atoms with van der Waals surface area (Å²) in [4.78, 5) is 12.5. The SMILES string of the molecule is COc1ccc(-c2c[n+](CC(=O)Nc3cccc(Cl)c3)c3n2CCC3)cc1. The number of ether oxygens (including phenoxy) is 1. The van der Waals surface area contributed by atoms with Crippen molar-refractivity contribution in [3.8, 4) is 17.0 Å². The number of rotatable bonds is 5. The lowest BCUT2D eigenvalue weighted by atomic mass is 10.1. The number of fused-ring (bicyclic) bond motifs is 1. The molecule has 2 heterocycles. The van der Waals surface area contributed by atoms with Gasteiger partial charge in [0.1, 0.15) is 11.9 Å². The monoisotopic (exact) mass is 382 g/mol. The van der Waals surface area contributed by atoms with E-state index in [2.05, 4.69) is 28.2 Å². The van der Waals surface area contributed by atoms with E-state index < -0.39 is 0 Å². The highest BCUT2D eigenvalue weighted by atomic mass is 35.5. The summed E-state index contributed by atoms with van der Waals surface area (Å²) >= 11 is 5.99. The molecule has 0 radical (unpaired) electrons. The summed E-state index contributed by atoms with van der Waals surface area (Å²) < 4.78 is 9.59. The number of imidazole rings is 1. The fourth-order valence-electron chi connectivity index (χ4n) is 3.56. The summed E-state index contributed by atoms with van der Waals surface area (Å²) in [6.07, 6.45) is 4.13. The third kappa shape index (κ3) is 3.69. The number of nitrogens with one attached hydrogen (secondary N) is 1. The van der Waals surface area contributed by atoms with Gasteiger partial charge in [-0.1, -0.05) is 17.7 Å². The third-order valence-electron chi connectivity index (χ3n) is 4.80. The zero-order valence-corrected chi connectivity index (χ0v) is 15.9. The van der Waals surface area contributed by atoms with Crippen molar-refractivity contribution in [3.05, 3.63) is 65.6 Å². The molecular formula is C21H21ClN3O2+. The Morgan fingerprint density at radius 3 is 2.81 bits per heavy atom. The van der Waals surface area contributed by atoms with Gasteiger partial charge >= 0.3 is 0 Å². The molecule has 5 nitrogen and oxygen atoms in total. The minimum absolute atomic E-state index is 0.0659. The first-order chi connectivity index (χ1) is 13.1. The molecule has 27 heavy (non-hydrogen) atoms. The molecule has 2 aromatic carbocycles. The molecular weight excluding hydrogens is 362 g/mol. The number of hydrogen-bond acceptors (Lipinski definition) is 2. The minimum atomic E-state index is -0.0659. The van der Waals surface area contributed by atoms with Gasteiger partial charge in [-0.2, -0.15) is 0 Å². The molecule has 0 saturated heterocycles. The molecule has 1 aromatic heterocycles. The van der Waals surface area contributed by atoms with Crippen molar-refractivity contribution in [2.75, 3.05) is 12.4 Å². The van der Waals surface area contributed by atoms with E-state index >= 15 is 0 Å². The first-order valence-electron chi connectivity index (χ1n) is 8.96. The fraction of sp³-hybridized carbons (Fsp3) is 0.238. The number of carbonyl (C=O) groups is 1. The van der Waals surface area contributed by atoms with Crippen molar-refractivity contribution < 1.29 is 14.1 Å². The molecule has 0 bridgehead atoms. The smallest absolute Gasteiger partial charge is 0.266 e. The predicted octanol–water partition coefficient (Wildman–Crippen LogP) is 3.69. The van der Waals surface area contributed by atoms with Crippen molar-refractivity contribution in [2.45, 2.75) is 25.9 Å². The lowest BCUT2D eigenvalue weighted by Gasteiger charge is -2.04. The van der Waals surface area contributed by atoms with Crippen LogP contribution in [0.1, 0.15) is 12.2 Å². The Morgan fingerprint density at radius 2 is 2.07 bits per heavy atom. The molecule has 0 aliphatic carbocycles. The van der Waals surface area contributed by atoms with Crippen molar-refractivity contribution in [3.63, 3.8) is 0 Å². The second-order valence-corrected chi connectivity index (χ2v) is 7.04. The summed E-state index contributed by atoms with van der Waals surface area (Å²) in [6, 6.07) is 15.2. The summed E-state index contributed by atoms with van der Waals surface area (Å²) in [5.74, 6) is 1.95. The molecule has 0 unspecified atom stereocenters. The average molecular weight is 383 g/mol. The van der Waals surface area contributed by atoms with E-state index in [0.717, 1.165) is 36.4 Å². The van der Waals surface area contributed by atoms with E-state index in [9.17, 15) is 4.79 Å². The third-order valence-corrected chi connectivity index (χ3v) is 5.04. The maximum Gasteiger partial charge on any atom is 0.266 e. The van der Waals surface area contributed by atoms with Crippen LogP contribution in [-0.2, 0) is 24.3 Å². The molecule has 0 atom stereocenters. The van der Waals surface area contributed by atoms with Crippen LogP contribution >= 0.6 is 11.6 Å². The van der Waals surface area contributed by atoms with Crippen LogP contribution in [0, 0.1) is 0 Å². The van der Waals surface area contributed by atoms with Gasteiger partial charge in [0, 0.05) is 16.3 Å². The van der Waals surface area contributed by atoms with E-state index in [0.29, 0.717) is 10.7 Å². The molecule has 0 saturated carbocycles. The molecule has 0 fully saturated rings. The zero-order valence-electron chi connectivity index (χ0n) is 15.1. The van der Waals surface area contributed by atoms with Crippen LogP contribution in [0.3, 0.4) is 0 Å². The Bertz CT molecular complexity index is 980. The van der Waals surface area contributed by atoms with Crippen LogP contribution < -0.4 is 14.6 Å². The van der Waals surface area contributed by atoms with Gasteiger partial charge in [0.25, 0.3) is 11.7 Å². The lowest BCUT2D eigenvalue weighted by molar-refractivity contribution is -0.690. The van der Waals surface area contributed by atoms with Crippen molar-refractivity contribution >= 4 is 23.2 Å². The maximum atomic E-state index is 12.5. The molecule has 4 rings (SSSR count). The second-order valence-electron chi connectivity index (χ2n) is 6.60. The van der Waals surface area contributed by atoms with Crippen LogP contribution in [-0.4, -0.2) is 17.6 Å². The van der Waals surface area contributed by atoms with Gasteiger partial charge in [-0.05, 0) is 48.9 Å². The number of hydrogen-bond donors (Lipinski definition) is 1. The number of aromatic nitrogens is 2. The van der Waals surface area contributed by atoms with Crippen molar-refractivity contribution in [1.29, 1.82) is 0 Å². The standard InChI is InChI=1S/C21H20ClN3O2/c1-27-18-9-7-15(8-10-18)19-13-24(21-6-3-11-25(19)21)14-20(26)23-17-5-2-4-16(22)12-17/h2,4-5,7-10,12-13H,3,6,11,14H2,1H3/p+1. The molecule has 1 amide bonds. The number of carbonyl (C=O) groups excluding carboxylic acids is 1. The highest BCUT2D eigenvalue weighted by Crippen LogP contribution is 2.26. The summed E-state index contributed by atoms with van der Waals surface area (Å²) in [5.41, 5.74) is 2.95. The van der Waals surface area contributed by atoms with Crippen LogP contribution in [0.2, 0.25) is 5.02 Å². The number of methoxy groups -OCH3 is 1. The first kappa shape index (κ1) is 17.6. The highest BCUT2D eigenvalue weighted by Gasteiger charge is 2.29. The summed E-state index contributed by atoms with van der Waals surface area (Å²) in [6.45, 7) is 1.25. The van der Waals surface area contributed by atoms with E-state index in [4.69, 9.17) is 16.3 Å². The van der Waals surface area contributed by atoms with Gasteiger partial charge in [0.15, 0.2) is 12.2 Å². The van der Waals surface area contributed by atoms with Crippen LogP contribution in [0.4, 0.5) is 5.69 Å². The Balaban J connectivity index is 1.57. The molecule has 6 heteroatoms. The van der Waals surface area contributed by atoms with Gasteiger partial charge in [-0.25, -0.2) is 9.13 Å². The normalized spacial score (nSPS) is 12.7. The number of nitrogens with zero attached hydrogens (tertiary/aromatic N) is 2. The molecule has 1 N–H and O–H groups in total. The topological polar surface area (TPSA) is 47.1 Å². The van der Waals surface area contributed by atoms with Crippen molar-refractivity contribution in [2.24, 2.45) is 0 Å². The van der Waals surface area contributed by atoms with E-state index in [1.807, 2.05) is 28.8 Å². The second kappa shape index (κ2) is 7.45. The average Bonchev–Trinajstić information content (AvgIpc) is 3.26. The van der Waals surface area contributed by atoms with Gasteiger partial charge in [-0.15, -0.1) is 0 Å². The van der Waals surface area contributed by atoms with Crippen LogP contribution in [0.5, 0.6) is 5.75 Å². The molecule has 1 aliphatic heterocycles. The predicted molar refractivity (Wildman–Crippen MR) is 105 cm³/mol. The number of amides is 1. The number of anilines is 1. The minimum Gasteiger partial charge on any atom is -0.497 e. The first-order valence-corrected chi connectivity index (χ1v) is 9.33. The van der Waals surface area contributed by atoms with Gasteiger partial charge in [0.2, 0.25) is 0 Å². The van der Waals surface area contributed by atoms with Gasteiger partial charge in [0.05, 0.1) is 20.1 Å². The van der Waals surface area contributed by atoms with Crippen molar-refractivity contribution in [1.82, 2.24) is 4.57 Å². The Kier molecular flexibility index (Phi) is 4.86. The van der Waals surface area contributed by atoms with Crippen LogP contribution in [0.25, 0.3) is 11.3 Å². The number of halogens is 1. The fourth-order valence-corrected chi connectivity index (χ4v) is 3.75. The maximum absolute atomic E-state index is 12.5. The summed E-state index contributed by atoms with van der Waals surface area (Å²) in [7, 11) is 1.66. The van der Waals surface area contributed by atoms with Crippen LogP contribution in [0.15, 0.2) is 54.7 Å². The molecule has 1 aliphatic rings. The van der Waals surface area contributed by atoms with Gasteiger partial charge in [-0.3, -0.25) is 4.79 Å². The largest absolute Gasteiger partial charge is 0.497 e. The lowest BCUT2D eigenvalue weighted by Crippen LogP contribution is -2.42. The van der Waals surface area contributed by atoms with E-state index in [1.54, 1.807) is 19.2 Å². The summed E-state index contributed by atoms with van der Waals surface area (Å²) in [5, 5.41) is 3.52. The van der Waals surface area contributed by atoms with E-state index in [1.165, 1.54) is 5.82 Å². The van der Waals surface area contributed by atoms with Gasteiger partial charge < -0.3 is 10.1 Å². The molecule has 3 aromatic rings. The molecule has 0 spiro atoms. The Labute approximate surface area is 163 Å². The van der Waals surface area contributed by atoms with E-state index in [-0.39, 0.29) is 12.5 Å². The zero-order chi connectivity index (χ0) is 18.8. The quantitative estimate of drug-likeness (QED) is 0.684. The Hall–Kier alpha value is -2.79. The highest BCUT2D eigenvalue weighted by molar-refractivity contribution is 6.30. The Morgan fingerprint density at radius 1 is 1.26 bits per heavy atom. The molecule has 138 valence electrons. The number of benzene rings is 2.